The first-order chi connectivity index (χ1) is 20.8. The maximum absolute atomic E-state index is 6.52. The van der Waals surface area contributed by atoms with Crippen molar-refractivity contribution >= 4 is 43.7 Å². The van der Waals surface area contributed by atoms with Crippen LogP contribution in [-0.2, 0) is 25.7 Å². The smallest absolute Gasteiger partial charge is 0.235 e. The van der Waals surface area contributed by atoms with Gasteiger partial charge in [-0.15, -0.1) is 0 Å². The lowest BCUT2D eigenvalue weighted by Gasteiger charge is -2.19. The molecule has 3 aromatic heterocycles. The Bertz CT molecular complexity index is 2330. The van der Waals surface area contributed by atoms with Gasteiger partial charge in [-0.2, -0.15) is 0 Å². The van der Waals surface area contributed by atoms with Gasteiger partial charge in [-0.1, -0.05) is 54.6 Å². The number of nitrogens with zero attached hydrogens (tertiary/aromatic N) is 3. The Morgan fingerprint density at radius 2 is 1.33 bits per heavy atom. The minimum absolute atomic E-state index is 0.216. The average Bonchev–Trinajstić information content (AvgIpc) is 3.52. The van der Waals surface area contributed by atoms with Crippen LogP contribution in [-0.4, -0.2) is 14.5 Å². The number of furan rings is 1. The van der Waals surface area contributed by atoms with E-state index in [4.69, 9.17) is 14.4 Å². The highest BCUT2D eigenvalue weighted by molar-refractivity contribution is 6.17. The quantitative estimate of drug-likeness (QED) is 0.224. The zero-order chi connectivity index (χ0) is 27.4. The fraction of sp³-hybridized carbons (Fsp3) is 0.158. The van der Waals surface area contributed by atoms with Crippen molar-refractivity contribution in [2.24, 2.45) is 0 Å². The van der Waals surface area contributed by atoms with Crippen molar-refractivity contribution in [2.45, 2.75) is 38.0 Å². The summed E-state index contributed by atoms with van der Waals surface area (Å²) in [6.45, 7) is 0. The Labute approximate surface area is 242 Å². The summed E-state index contributed by atoms with van der Waals surface area (Å²) in [5.41, 5.74) is 13.0. The van der Waals surface area contributed by atoms with Gasteiger partial charge in [0.2, 0.25) is 5.95 Å². The summed E-state index contributed by atoms with van der Waals surface area (Å²) in [6.07, 6.45) is 14.2. The Morgan fingerprint density at radius 3 is 2.12 bits per heavy atom. The fourth-order valence-electron chi connectivity index (χ4n) is 7.18. The predicted molar refractivity (Wildman–Crippen MR) is 170 cm³/mol. The number of benzene rings is 4. The van der Waals surface area contributed by atoms with Crippen LogP contribution in [0.1, 0.15) is 40.3 Å². The third-order valence-electron chi connectivity index (χ3n) is 9.69. The second kappa shape index (κ2) is 8.29. The second-order valence-electron chi connectivity index (χ2n) is 12.1. The molecule has 0 saturated carbocycles. The normalized spacial score (nSPS) is 17.1. The van der Waals surface area contributed by atoms with Gasteiger partial charge in [0.25, 0.3) is 0 Å². The standard InChI is InChI=1S/C38H27N3O/c1-3-7-22(8-4-1)32-20-33(23-9-5-2-6-10-23)40-38(39-32)41-34-17-26-13-11-24(26)15-28(34)29-19-31-30-16-25-12-14-27(25)18-36(30)42-37(31)21-35(29)41/h1-9,15-21,23H,10-14H2. The van der Waals surface area contributed by atoms with Gasteiger partial charge >= 0.3 is 0 Å². The number of rotatable bonds is 3. The van der Waals surface area contributed by atoms with E-state index in [-0.39, 0.29) is 5.92 Å². The molecule has 4 aromatic carbocycles. The molecule has 3 aliphatic rings. The Balaban J connectivity index is 1.29. The summed E-state index contributed by atoms with van der Waals surface area (Å²) in [5, 5.41) is 4.90. The van der Waals surface area contributed by atoms with Crippen LogP contribution in [0.15, 0.2) is 102 Å². The highest BCUT2D eigenvalue weighted by Crippen LogP contribution is 2.42. The Morgan fingerprint density at radius 1 is 0.643 bits per heavy atom. The summed E-state index contributed by atoms with van der Waals surface area (Å²) in [4.78, 5) is 10.5. The molecule has 42 heavy (non-hydrogen) atoms. The van der Waals surface area contributed by atoms with Gasteiger partial charge in [0.15, 0.2) is 0 Å². The van der Waals surface area contributed by atoms with Crippen LogP contribution in [0.25, 0.3) is 61.0 Å². The first-order valence-electron chi connectivity index (χ1n) is 15.0. The van der Waals surface area contributed by atoms with Crippen molar-refractivity contribution in [1.29, 1.82) is 0 Å². The minimum atomic E-state index is 0.216. The second-order valence-corrected chi connectivity index (χ2v) is 12.1. The Kier molecular flexibility index (Phi) is 4.48. The molecule has 3 heterocycles. The van der Waals surface area contributed by atoms with Crippen LogP contribution in [0.3, 0.4) is 0 Å². The minimum Gasteiger partial charge on any atom is -0.456 e. The molecule has 200 valence electrons. The van der Waals surface area contributed by atoms with Crippen LogP contribution in [0.2, 0.25) is 0 Å². The van der Waals surface area contributed by atoms with Crippen molar-refractivity contribution in [3.8, 4) is 17.2 Å². The molecule has 1 atom stereocenters. The maximum atomic E-state index is 6.52. The molecule has 0 saturated heterocycles. The highest BCUT2D eigenvalue weighted by atomic mass is 16.3. The monoisotopic (exact) mass is 541 g/mol. The van der Waals surface area contributed by atoms with Crippen LogP contribution >= 0.6 is 0 Å². The first-order valence-corrected chi connectivity index (χ1v) is 15.0. The van der Waals surface area contributed by atoms with E-state index in [9.17, 15) is 0 Å². The molecule has 0 aliphatic heterocycles. The van der Waals surface area contributed by atoms with Gasteiger partial charge in [-0.05, 0) is 90.8 Å². The van der Waals surface area contributed by atoms with E-state index in [1.54, 1.807) is 0 Å². The maximum Gasteiger partial charge on any atom is 0.235 e. The molecule has 0 fully saturated rings. The SMILES string of the molecule is C1=CCC(c2cc(-c3ccccc3)nc(-n3c4cc5c(cc4c4cc6c(cc43)oc3cc4c(cc36)CC4)CC5)n2)C=C1. The van der Waals surface area contributed by atoms with E-state index < -0.39 is 0 Å². The van der Waals surface area contributed by atoms with Crippen LogP contribution in [0.5, 0.6) is 0 Å². The molecule has 3 aliphatic carbocycles. The van der Waals surface area contributed by atoms with Crippen molar-refractivity contribution in [1.82, 2.24) is 14.5 Å². The van der Waals surface area contributed by atoms with Crippen LogP contribution in [0, 0.1) is 0 Å². The zero-order valence-corrected chi connectivity index (χ0v) is 23.1. The third kappa shape index (κ3) is 3.18. The molecule has 4 heteroatoms. The average molecular weight is 542 g/mol. The fourth-order valence-corrected chi connectivity index (χ4v) is 7.18. The van der Waals surface area contributed by atoms with E-state index in [0.29, 0.717) is 5.95 Å². The van der Waals surface area contributed by atoms with Gasteiger partial charge in [-0.3, -0.25) is 4.57 Å². The molecular formula is C38H27N3O. The van der Waals surface area contributed by atoms with Crippen LogP contribution < -0.4 is 0 Å². The number of fused-ring (bicyclic) bond motifs is 8. The van der Waals surface area contributed by atoms with Crippen molar-refractivity contribution in [2.75, 3.05) is 0 Å². The molecule has 10 rings (SSSR count). The van der Waals surface area contributed by atoms with E-state index in [1.807, 2.05) is 0 Å². The summed E-state index contributed by atoms with van der Waals surface area (Å²) in [6, 6.07) is 26.6. The van der Waals surface area contributed by atoms with E-state index in [1.165, 1.54) is 49.3 Å². The summed E-state index contributed by atoms with van der Waals surface area (Å²) in [7, 11) is 0. The van der Waals surface area contributed by atoms with Gasteiger partial charge in [-0.25, -0.2) is 9.97 Å². The molecule has 0 amide bonds. The lowest BCUT2D eigenvalue weighted by Crippen LogP contribution is -2.10. The molecule has 0 N–H and O–H groups in total. The Hall–Kier alpha value is -4.96. The molecule has 4 nitrogen and oxygen atoms in total. The number of hydrogen-bond donors (Lipinski definition) is 0. The third-order valence-corrected chi connectivity index (χ3v) is 9.69. The number of hydrogen-bond acceptors (Lipinski definition) is 3. The van der Waals surface area contributed by atoms with Gasteiger partial charge in [0.05, 0.1) is 22.4 Å². The van der Waals surface area contributed by atoms with E-state index >= 15 is 0 Å². The summed E-state index contributed by atoms with van der Waals surface area (Å²) in [5.74, 6) is 0.930. The van der Waals surface area contributed by atoms with E-state index in [0.717, 1.165) is 65.7 Å². The molecule has 0 bridgehead atoms. The van der Waals surface area contributed by atoms with Crippen molar-refractivity contribution < 1.29 is 4.42 Å². The molecule has 0 spiro atoms. The molecule has 7 aromatic rings. The molecular weight excluding hydrogens is 514 g/mol. The number of allylic oxidation sites excluding steroid dienone is 4. The van der Waals surface area contributed by atoms with E-state index in [2.05, 4.69) is 102 Å². The number of aromatic nitrogens is 3. The zero-order valence-electron chi connectivity index (χ0n) is 23.1. The summed E-state index contributed by atoms with van der Waals surface area (Å²) < 4.78 is 8.80. The summed E-state index contributed by atoms with van der Waals surface area (Å²) >= 11 is 0. The largest absolute Gasteiger partial charge is 0.456 e. The van der Waals surface area contributed by atoms with Crippen molar-refractivity contribution in [3.63, 3.8) is 0 Å². The topological polar surface area (TPSA) is 43.9 Å². The molecule has 0 radical (unpaired) electrons. The highest BCUT2D eigenvalue weighted by Gasteiger charge is 2.24. The van der Waals surface area contributed by atoms with Gasteiger partial charge in [0.1, 0.15) is 11.2 Å². The lowest BCUT2D eigenvalue weighted by atomic mass is 9.87. The first kappa shape index (κ1) is 22.7. The van der Waals surface area contributed by atoms with Crippen LogP contribution in [0.4, 0.5) is 0 Å². The lowest BCUT2D eigenvalue weighted by molar-refractivity contribution is 0.666. The van der Waals surface area contributed by atoms with Gasteiger partial charge in [0, 0.05) is 39.1 Å². The molecule has 1 unspecified atom stereocenters. The van der Waals surface area contributed by atoms with Gasteiger partial charge < -0.3 is 4.42 Å². The predicted octanol–water partition coefficient (Wildman–Crippen LogP) is 8.94. The number of aryl methyl sites for hydroxylation is 4. The van der Waals surface area contributed by atoms with Crippen molar-refractivity contribution in [3.05, 3.63) is 125 Å².